The maximum Gasteiger partial charge on any atom is 0.347 e. The molecule has 10 nitrogen and oxygen atoms in total. The third-order valence-corrected chi connectivity index (χ3v) is 5.68. The smallest absolute Gasteiger partial charge is 0.347 e. The van der Waals surface area contributed by atoms with Gasteiger partial charge in [-0.15, -0.1) is 0 Å². The van der Waals surface area contributed by atoms with Crippen LogP contribution >= 0.6 is 0 Å². The van der Waals surface area contributed by atoms with Gasteiger partial charge in [-0.25, -0.2) is 4.79 Å². The summed E-state index contributed by atoms with van der Waals surface area (Å²) in [5, 5.41) is 14.8. The zero-order chi connectivity index (χ0) is 29.3. The van der Waals surface area contributed by atoms with Crippen molar-refractivity contribution in [2.75, 3.05) is 10.6 Å². The van der Waals surface area contributed by atoms with Gasteiger partial charge in [0.1, 0.15) is 11.5 Å². The Morgan fingerprint density at radius 3 is 1.55 bits per heavy atom. The minimum absolute atomic E-state index is 0.0540. The van der Waals surface area contributed by atoms with E-state index in [9.17, 15) is 24.3 Å². The van der Waals surface area contributed by atoms with Gasteiger partial charge in [0.25, 0.3) is 6.47 Å². The molecule has 0 aliphatic carbocycles. The minimum atomic E-state index is -1.39. The number of ether oxygens (including phenoxy) is 3. The Hall–Kier alpha value is -4.86. The van der Waals surface area contributed by atoms with Gasteiger partial charge in [0, 0.05) is 25.2 Å². The second-order valence-corrected chi connectivity index (χ2v) is 9.90. The molecule has 0 bridgehead atoms. The number of carbonyl (C=O) groups excluding carboxylic acids is 3. The standard InChI is InChI=1S/C30H32N2O8/c1-29(2,28(36)37)39-24-13-9-22(10-14-24)31-26(34)17-20-7-5-6-8-21(20)18-27(35)32-23-11-15-25(16-12-23)40-30(3,4)38-19-33/h5-16,19H,17-18H2,1-4H3,(H,31,34)(H,32,35)(H,36,37). The van der Waals surface area contributed by atoms with Crippen molar-refractivity contribution in [3.8, 4) is 11.5 Å². The highest BCUT2D eigenvalue weighted by Crippen LogP contribution is 2.23. The van der Waals surface area contributed by atoms with Gasteiger partial charge in [0.05, 0.1) is 12.8 Å². The van der Waals surface area contributed by atoms with E-state index in [1.165, 1.54) is 13.8 Å². The fraction of sp³-hybridized carbons (Fsp3) is 0.267. The maximum atomic E-state index is 12.7. The van der Waals surface area contributed by atoms with Crippen molar-refractivity contribution in [3.63, 3.8) is 0 Å². The van der Waals surface area contributed by atoms with Crippen LogP contribution in [0.15, 0.2) is 72.8 Å². The van der Waals surface area contributed by atoms with Gasteiger partial charge in [-0.2, -0.15) is 0 Å². The first kappa shape index (κ1) is 29.7. The summed E-state index contributed by atoms with van der Waals surface area (Å²) in [4.78, 5) is 47.3. The molecule has 210 valence electrons. The number of amides is 2. The Morgan fingerprint density at radius 1 is 0.725 bits per heavy atom. The van der Waals surface area contributed by atoms with Crippen LogP contribution in [0.3, 0.4) is 0 Å². The van der Waals surface area contributed by atoms with Gasteiger partial charge in [-0.3, -0.25) is 14.4 Å². The van der Waals surface area contributed by atoms with Crippen LogP contribution in [-0.4, -0.2) is 40.8 Å². The van der Waals surface area contributed by atoms with E-state index < -0.39 is 17.4 Å². The molecule has 0 spiro atoms. The molecule has 3 N–H and O–H groups in total. The molecule has 10 heteroatoms. The third kappa shape index (κ3) is 8.87. The number of carboxylic acids is 1. The van der Waals surface area contributed by atoms with E-state index in [4.69, 9.17) is 14.2 Å². The van der Waals surface area contributed by atoms with E-state index in [0.29, 0.717) is 40.5 Å². The number of anilines is 2. The van der Waals surface area contributed by atoms with Gasteiger partial charge in [-0.05, 0) is 73.5 Å². The molecule has 0 saturated carbocycles. The molecule has 0 atom stereocenters. The Labute approximate surface area is 232 Å². The SMILES string of the molecule is CC(C)(OC=O)Oc1ccc(NC(=O)Cc2ccccc2CC(=O)Nc2ccc(OC(C)(C)C(=O)O)cc2)cc1. The Morgan fingerprint density at radius 2 is 1.15 bits per heavy atom. The van der Waals surface area contributed by atoms with Crippen LogP contribution in [0.4, 0.5) is 11.4 Å². The number of aliphatic carboxylic acids is 1. The molecule has 3 aromatic carbocycles. The van der Waals surface area contributed by atoms with Crippen LogP contribution in [0, 0.1) is 0 Å². The van der Waals surface area contributed by atoms with Crippen molar-refractivity contribution in [1.82, 2.24) is 0 Å². The second-order valence-electron chi connectivity index (χ2n) is 9.90. The number of benzene rings is 3. The minimum Gasteiger partial charge on any atom is -0.478 e. The molecule has 0 aliphatic heterocycles. The summed E-state index contributed by atoms with van der Waals surface area (Å²) < 4.78 is 15.9. The lowest BCUT2D eigenvalue weighted by Crippen LogP contribution is -2.37. The van der Waals surface area contributed by atoms with Crippen molar-refractivity contribution in [2.24, 2.45) is 0 Å². The molecule has 0 aromatic heterocycles. The molecule has 0 saturated heterocycles. The summed E-state index contributed by atoms with van der Waals surface area (Å²) in [6, 6.07) is 20.2. The molecule has 0 radical (unpaired) electrons. The predicted molar refractivity (Wildman–Crippen MR) is 148 cm³/mol. The average molecular weight is 549 g/mol. The topological polar surface area (TPSA) is 140 Å². The molecular formula is C30H32N2O8. The van der Waals surface area contributed by atoms with Crippen molar-refractivity contribution >= 4 is 35.6 Å². The zero-order valence-corrected chi connectivity index (χ0v) is 22.7. The quantitative estimate of drug-likeness (QED) is 0.208. The summed E-state index contributed by atoms with van der Waals surface area (Å²) in [5.74, 6) is -1.92. The van der Waals surface area contributed by atoms with E-state index in [2.05, 4.69) is 10.6 Å². The number of rotatable bonds is 13. The lowest BCUT2D eigenvalue weighted by molar-refractivity contribution is -0.170. The fourth-order valence-corrected chi connectivity index (χ4v) is 3.63. The van der Waals surface area contributed by atoms with Crippen molar-refractivity contribution in [1.29, 1.82) is 0 Å². The molecule has 0 aliphatic rings. The predicted octanol–water partition coefficient (Wildman–Crippen LogP) is 4.58. The van der Waals surface area contributed by atoms with Crippen molar-refractivity contribution < 1.29 is 38.5 Å². The molecule has 0 heterocycles. The highest BCUT2D eigenvalue weighted by molar-refractivity contribution is 5.94. The largest absolute Gasteiger partial charge is 0.478 e. The summed E-state index contributed by atoms with van der Waals surface area (Å²) in [5.41, 5.74) is 1.11. The average Bonchev–Trinajstić information content (AvgIpc) is 2.87. The van der Waals surface area contributed by atoms with E-state index in [1.807, 2.05) is 0 Å². The van der Waals surface area contributed by atoms with Gasteiger partial charge in [0.2, 0.25) is 17.6 Å². The van der Waals surface area contributed by atoms with Crippen LogP contribution in [0.25, 0.3) is 0 Å². The Bertz CT molecular complexity index is 1350. The molecule has 40 heavy (non-hydrogen) atoms. The summed E-state index contributed by atoms with van der Waals surface area (Å²) in [6.07, 6.45) is 0.117. The highest BCUT2D eigenvalue weighted by Gasteiger charge is 2.29. The first-order valence-corrected chi connectivity index (χ1v) is 12.5. The van der Waals surface area contributed by atoms with Crippen LogP contribution in [0.5, 0.6) is 11.5 Å². The molecule has 3 rings (SSSR count). The van der Waals surface area contributed by atoms with Crippen LogP contribution in [-0.2, 0) is 36.8 Å². The van der Waals surface area contributed by atoms with Gasteiger partial charge in [-0.1, -0.05) is 24.3 Å². The monoisotopic (exact) mass is 548 g/mol. The van der Waals surface area contributed by atoms with Crippen LogP contribution in [0.2, 0.25) is 0 Å². The number of carboxylic acid groups (broad SMARTS) is 1. The highest BCUT2D eigenvalue weighted by atomic mass is 16.7. The van der Waals surface area contributed by atoms with E-state index in [0.717, 1.165) is 0 Å². The third-order valence-electron chi connectivity index (χ3n) is 5.68. The lowest BCUT2D eigenvalue weighted by Gasteiger charge is -2.24. The van der Waals surface area contributed by atoms with Crippen molar-refractivity contribution in [2.45, 2.75) is 51.9 Å². The molecule has 0 unspecified atom stereocenters. The van der Waals surface area contributed by atoms with E-state index in [1.54, 1.807) is 86.6 Å². The van der Waals surface area contributed by atoms with Gasteiger partial charge >= 0.3 is 5.97 Å². The number of hydrogen-bond donors (Lipinski definition) is 3. The Balaban J connectivity index is 1.56. The summed E-state index contributed by atoms with van der Waals surface area (Å²) >= 11 is 0. The number of hydrogen-bond acceptors (Lipinski definition) is 7. The number of nitrogens with one attached hydrogen (secondary N) is 2. The van der Waals surface area contributed by atoms with Crippen LogP contribution in [0.1, 0.15) is 38.8 Å². The Kier molecular flexibility index (Phi) is 9.50. The lowest BCUT2D eigenvalue weighted by atomic mass is 10.0. The van der Waals surface area contributed by atoms with E-state index >= 15 is 0 Å². The first-order chi connectivity index (χ1) is 18.9. The first-order valence-electron chi connectivity index (χ1n) is 12.5. The van der Waals surface area contributed by atoms with Crippen molar-refractivity contribution in [3.05, 3.63) is 83.9 Å². The molecule has 2 amide bonds. The summed E-state index contributed by atoms with van der Waals surface area (Å²) in [6.45, 7) is 6.42. The normalized spacial score (nSPS) is 11.2. The fourth-order valence-electron chi connectivity index (χ4n) is 3.63. The molecule has 0 fully saturated rings. The van der Waals surface area contributed by atoms with E-state index in [-0.39, 0.29) is 24.7 Å². The number of carbonyl (C=O) groups is 4. The molecular weight excluding hydrogens is 516 g/mol. The maximum absolute atomic E-state index is 12.7. The zero-order valence-electron chi connectivity index (χ0n) is 22.7. The second kappa shape index (κ2) is 12.8. The van der Waals surface area contributed by atoms with Crippen LogP contribution < -0.4 is 20.1 Å². The molecule has 3 aromatic rings. The van der Waals surface area contributed by atoms with Gasteiger partial charge in [0.15, 0.2) is 5.60 Å². The summed E-state index contributed by atoms with van der Waals surface area (Å²) in [7, 11) is 0. The van der Waals surface area contributed by atoms with Gasteiger partial charge < -0.3 is 30.0 Å².